The Bertz CT molecular complexity index is 1000. The lowest BCUT2D eigenvalue weighted by molar-refractivity contribution is -0.144. The molecule has 0 fully saturated rings. The minimum atomic E-state index is -0.315. The molecule has 0 atom stereocenters. The van der Waals surface area contributed by atoms with Crippen LogP contribution < -0.4 is 0 Å². The van der Waals surface area contributed by atoms with Crippen LogP contribution in [0.5, 0.6) is 0 Å². The predicted molar refractivity (Wildman–Crippen MR) is 99.6 cm³/mol. The van der Waals surface area contributed by atoms with Gasteiger partial charge in [0, 0.05) is 6.07 Å². The van der Waals surface area contributed by atoms with Crippen molar-refractivity contribution in [3.05, 3.63) is 90.3 Å². The third-order valence-corrected chi connectivity index (χ3v) is 4.11. The van der Waals surface area contributed by atoms with Crippen molar-refractivity contribution in [2.24, 2.45) is 0 Å². The molecule has 0 N–H and O–H groups in total. The number of carbonyl (C=O) groups is 1. The molecule has 0 aliphatic carbocycles. The normalized spacial score (nSPS) is 10.7. The standard InChI is InChI=1S/C22H17NO4/c24-22(26-15-19-14-21(27-23-19)20-7-4-12-25-20)13-16-8-10-18(11-9-16)17-5-2-1-3-6-17/h1-12,14H,13,15H2. The van der Waals surface area contributed by atoms with Crippen molar-refractivity contribution in [2.45, 2.75) is 13.0 Å². The molecule has 2 aromatic carbocycles. The van der Waals surface area contributed by atoms with E-state index in [1.807, 2.05) is 42.5 Å². The van der Waals surface area contributed by atoms with Crippen molar-refractivity contribution >= 4 is 5.97 Å². The molecular formula is C22H17NO4. The molecule has 0 saturated carbocycles. The first-order chi connectivity index (χ1) is 13.3. The Kier molecular flexibility index (Phi) is 4.83. The summed E-state index contributed by atoms with van der Waals surface area (Å²) in [7, 11) is 0. The zero-order valence-electron chi connectivity index (χ0n) is 14.5. The van der Waals surface area contributed by atoms with Crippen LogP contribution in [0.3, 0.4) is 0 Å². The van der Waals surface area contributed by atoms with E-state index in [4.69, 9.17) is 13.7 Å². The monoisotopic (exact) mass is 359 g/mol. The van der Waals surface area contributed by atoms with Crippen molar-refractivity contribution in [3.8, 4) is 22.6 Å². The first kappa shape index (κ1) is 16.8. The molecule has 0 spiro atoms. The van der Waals surface area contributed by atoms with Crippen LogP contribution in [-0.4, -0.2) is 11.1 Å². The molecule has 0 aliphatic rings. The van der Waals surface area contributed by atoms with Crippen LogP contribution in [0.25, 0.3) is 22.6 Å². The lowest BCUT2D eigenvalue weighted by Gasteiger charge is -2.05. The van der Waals surface area contributed by atoms with E-state index in [1.54, 1.807) is 24.5 Å². The highest BCUT2D eigenvalue weighted by molar-refractivity contribution is 5.73. The Balaban J connectivity index is 1.32. The van der Waals surface area contributed by atoms with E-state index in [-0.39, 0.29) is 19.0 Å². The summed E-state index contributed by atoms with van der Waals surface area (Å²) in [5, 5.41) is 3.88. The van der Waals surface area contributed by atoms with Crippen LogP contribution >= 0.6 is 0 Å². The molecular weight excluding hydrogens is 342 g/mol. The summed E-state index contributed by atoms with van der Waals surface area (Å²) in [4.78, 5) is 12.1. The Morgan fingerprint density at radius 1 is 0.889 bits per heavy atom. The molecule has 2 heterocycles. The maximum Gasteiger partial charge on any atom is 0.310 e. The van der Waals surface area contributed by atoms with Gasteiger partial charge < -0.3 is 13.7 Å². The molecule has 4 aromatic rings. The fourth-order valence-corrected chi connectivity index (χ4v) is 2.73. The first-order valence-electron chi connectivity index (χ1n) is 8.57. The molecule has 5 nitrogen and oxygen atoms in total. The molecule has 134 valence electrons. The van der Waals surface area contributed by atoms with Crippen LogP contribution in [0, 0.1) is 0 Å². The average molecular weight is 359 g/mol. The SMILES string of the molecule is O=C(Cc1ccc(-c2ccccc2)cc1)OCc1cc(-c2ccco2)on1. The molecule has 0 saturated heterocycles. The van der Waals surface area contributed by atoms with Crippen molar-refractivity contribution < 1.29 is 18.5 Å². The number of aromatic nitrogens is 1. The van der Waals surface area contributed by atoms with E-state index < -0.39 is 0 Å². The van der Waals surface area contributed by atoms with E-state index >= 15 is 0 Å². The maximum absolute atomic E-state index is 12.1. The zero-order valence-corrected chi connectivity index (χ0v) is 14.5. The van der Waals surface area contributed by atoms with Crippen LogP contribution in [0.1, 0.15) is 11.3 Å². The van der Waals surface area contributed by atoms with Crippen molar-refractivity contribution in [1.29, 1.82) is 0 Å². The third-order valence-electron chi connectivity index (χ3n) is 4.11. The second-order valence-electron chi connectivity index (χ2n) is 6.06. The summed E-state index contributed by atoms with van der Waals surface area (Å²) in [6, 6.07) is 23.2. The highest BCUT2D eigenvalue weighted by Crippen LogP contribution is 2.21. The second kappa shape index (κ2) is 7.74. The molecule has 4 rings (SSSR count). The number of rotatable bonds is 6. The molecule has 0 aliphatic heterocycles. The van der Waals surface area contributed by atoms with Gasteiger partial charge in [-0.05, 0) is 28.8 Å². The number of hydrogen-bond donors (Lipinski definition) is 0. The summed E-state index contributed by atoms with van der Waals surface area (Å²) < 4.78 is 15.7. The maximum atomic E-state index is 12.1. The van der Waals surface area contributed by atoms with E-state index in [1.165, 1.54) is 0 Å². The summed E-state index contributed by atoms with van der Waals surface area (Å²) in [6.45, 7) is 0.0607. The van der Waals surface area contributed by atoms with Gasteiger partial charge in [0.15, 0.2) is 5.76 Å². The van der Waals surface area contributed by atoms with Crippen LogP contribution in [0.4, 0.5) is 0 Å². The van der Waals surface area contributed by atoms with Gasteiger partial charge in [0.25, 0.3) is 0 Å². The Labute approximate surface area is 156 Å². The molecule has 27 heavy (non-hydrogen) atoms. The minimum absolute atomic E-state index is 0.0607. The van der Waals surface area contributed by atoms with E-state index in [0.29, 0.717) is 17.2 Å². The fourth-order valence-electron chi connectivity index (χ4n) is 2.73. The largest absolute Gasteiger partial charge is 0.461 e. The van der Waals surface area contributed by atoms with Gasteiger partial charge in [0.1, 0.15) is 12.3 Å². The van der Waals surface area contributed by atoms with Gasteiger partial charge in [-0.15, -0.1) is 0 Å². The molecule has 0 unspecified atom stereocenters. The van der Waals surface area contributed by atoms with E-state index in [2.05, 4.69) is 17.3 Å². The van der Waals surface area contributed by atoms with Gasteiger partial charge in [0.05, 0.1) is 12.7 Å². The van der Waals surface area contributed by atoms with Crippen molar-refractivity contribution in [2.75, 3.05) is 0 Å². The van der Waals surface area contributed by atoms with Gasteiger partial charge in [-0.3, -0.25) is 4.79 Å². The number of ether oxygens (including phenoxy) is 1. The van der Waals surface area contributed by atoms with E-state index in [0.717, 1.165) is 16.7 Å². The Hall–Kier alpha value is -3.60. The fraction of sp³-hybridized carbons (Fsp3) is 0.0909. The number of furan rings is 1. The second-order valence-corrected chi connectivity index (χ2v) is 6.06. The topological polar surface area (TPSA) is 65.5 Å². The highest BCUT2D eigenvalue weighted by Gasteiger charge is 2.11. The summed E-state index contributed by atoms with van der Waals surface area (Å²) in [6.07, 6.45) is 1.76. The highest BCUT2D eigenvalue weighted by atomic mass is 16.5. The van der Waals surface area contributed by atoms with Crippen LogP contribution in [0.2, 0.25) is 0 Å². The lowest BCUT2D eigenvalue weighted by atomic mass is 10.0. The zero-order chi connectivity index (χ0) is 18.5. The number of nitrogens with zero attached hydrogens (tertiary/aromatic N) is 1. The Morgan fingerprint density at radius 2 is 1.67 bits per heavy atom. The smallest absolute Gasteiger partial charge is 0.310 e. The third kappa shape index (κ3) is 4.15. The van der Waals surface area contributed by atoms with Gasteiger partial charge >= 0.3 is 5.97 Å². The summed E-state index contributed by atoms with van der Waals surface area (Å²) in [5.41, 5.74) is 3.69. The average Bonchev–Trinajstić information content (AvgIpc) is 3.39. The van der Waals surface area contributed by atoms with Crippen LogP contribution in [0.15, 0.2) is 88.0 Å². The first-order valence-corrected chi connectivity index (χ1v) is 8.57. The van der Waals surface area contributed by atoms with Crippen LogP contribution in [-0.2, 0) is 22.6 Å². The van der Waals surface area contributed by atoms with Gasteiger partial charge in [-0.2, -0.15) is 0 Å². The van der Waals surface area contributed by atoms with Crippen molar-refractivity contribution in [1.82, 2.24) is 5.16 Å². The van der Waals surface area contributed by atoms with E-state index in [9.17, 15) is 4.79 Å². The Morgan fingerprint density at radius 3 is 2.41 bits per heavy atom. The molecule has 0 amide bonds. The number of hydrogen-bond acceptors (Lipinski definition) is 5. The molecule has 5 heteroatoms. The molecule has 0 bridgehead atoms. The quantitative estimate of drug-likeness (QED) is 0.459. The summed E-state index contributed by atoms with van der Waals surface area (Å²) in [5.74, 6) is 0.770. The number of esters is 1. The minimum Gasteiger partial charge on any atom is -0.461 e. The molecule has 2 aromatic heterocycles. The van der Waals surface area contributed by atoms with Gasteiger partial charge in [0.2, 0.25) is 5.76 Å². The van der Waals surface area contributed by atoms with Gasteiger partial charge in [-0.1, -0.05) is 59.8 Å². The lowest BCUT2D eigenvalue weighted by Crippen LogP contribution is -2.08. The summed E-state index contributed by atoms with van der Waals surface area (Å²) >= 11 is 0. The number of benzene rings is 2. The number of carbonyl (C=O) groups excluding carboxylic acids is 1. The van der Waals surface area contributed by atoms with Crippen molar-refractivity contribution in [3.63, 3.8) is 0 Å². The molecule has 0 radical (unpaired) electrons. The predicted octanol–water partition coefficient (Wildman–Crippen LogP) is 4.89. The van der Waals surface area contributed by atoms with Gasteiger partial charge in [-0.25, -0.2) is 0 Å².